The van der Waals surface area contributed by atoms with Gasteiger partial charge in [-0.2, -0.15) is 4.31 Å². The predicted molar refractivity (Wildman–Crippen MR) is 75.4 cm³/mol. The Balaban J connectivity index is 3.15. The van der Waals surface area contributed by atoms with E-state index in [-0.39, 0.29) is 4.90 Å². The minimum absolute atomic E-state index is 0.283. The number of rotatable bonds is 6. The van der Waals surface area contributed by atoms with Crippen molar-refractivity contribution in [3.63, 3.8) is 0 Å². The lowest BCUT2D eigenvalue weighted by atomic mass is 10.3. The Kier molecular flexibility index (Phi) is 5.62. The largest absolute Gasteiger partial charge is 0.496 e. The van der Waals surface area contributed by atoms with Crippen molar-refractivity contribution < 1.29 is 13.2 Å². The molecule has 1 rings (SSSR count). The van der Waals surface area contributed by atoms with E-state index in [9.17, 15) is 8.42 Å². The van der Waals surface area contributed by atoms with Gasteiger partial charge in [0.05, 0.1) is 16.5 Å². The van der Waals surface area contributed by atoms with E-state index in [1.165, 1.54) is 4.31 Å². The molecule has 0 amide bonds. The van der Waals surface area contributed by atoms with Crippen molar-refractivity contribution in [2.75, 3.05) is 20.2 Å². The summed E-state index contributed by atoms with van der Waals surface area (Å²) in [5.41, 5.74) is 0. The van der Waals surface area contributed by atoms with Crippen molar-refractivity contribution in [2.45, 2.75) is 25.2 Å². The third-order valence-corrected chi connectivity index (χ3v) is 5.18. The molecule has 6 heteroatoms. The van der Waals surface area contributed by atoms with Gasteiger partial charge in [0.1, 0.15) is 5.75 Å². The van der Waals surface area contributed by atoms with Crippen LogP contribution in [0, 0.1) is 0 Å². The van der Waals surface area contributed by atoms with Gasteiger partial charge in [0, 0.05) is 13.1 Å². The van der Waals surface area contributed by atoms with E-state index in [1.807, 2.05) is 13.8 Å². The van der Waals surface area contributed by atoms with Gasteiger partial charge in [-0.1, -0.05) is 13.8 Å². The summed E-state index contributed by atoms with van der Waals surface area (Å²) in [6.07, 6.45) is 0.796. The van der Waals surface area contributed by atoms with E-state index in [2.05, 4.69) is 15.9 Å². The molecule has 18 heavy (non-hydrogen) atoms. The highest BCUT2D eigenvalue weighted by atomic mass is 79.9. The molecule has 0 N–H and O–H groups in total. The van der Waals surface area contributed by atoms with Crippen molar-refractivity contribution in [1.82, 2.24) is 4.31 Å². The Hall–Kier alpha value is -0.590. The maximum atomic E-state index is 12.4. The molecule has 0 aliphatic rings. The van der Waals surface area contributed by atoms with E-state index < -0.39 is 10.0 Å². The molecule has 102 valence electrons. The van der Waals surface area contributed by atoms with E-state index in [1.54, 1.807) is 25.3 Å². The number of methoxy groups -OCH3 is 1. The van der Waals surface area contributed by atoms with Crippen LogP contribution < -0.4 is 4.74 Å². The van der Waals surface area contributed by atoms with E-state index in [0.717, 1.165) is 6.42 Å². The first-order chi connectivity index (χ1) is 8.47. The molecule has 0 bridgehead atoms. The van der Waals surface area contributed by atoms with Crippen LogP contribution in [0.15, 0.2) is 27.6 Å². The number of sulfonamides is 1. The van der Waals surface area contributed by atoms with Crippen LogP contribution in [0.1, 0.15) is 20.3 Å². The smallest absolute Gasteiger partial charge is 0.243 e. The summed E-state index contributed by atoms with van der Waals surface area (Å²) < 4.78 is 31.9. The van der Waals surface area contributed by atoms with Gasteiger partial charge >= 0.3 is 0 Å². The number of ether oxygens (including phenoxy) is 1. The van der Waals surface area contributed by atoms with Crippen LogP contribution in [0.4, 0.5) is 0 Å². The number of nitrogens with zero attached hydrogens (tertiary/aromatic N) is 1. The van der Waals surface area contributed by atoms with Crippen LogP contribution >= 0.6 is 15.9 Å². The van der Waals surface area contributed by atoms with Gasteiger partial charge in [-0.15, -0.1) is 0 Å². The zero-order valence-corrected chi connectivity index (χ0v) is 13.2. The molecule has 0 radical (unpaired) electrons. The van der Waals surface area contributed by atoms with Gasteiger partial charge in [0.2, 0.25) is 10.0 Å². The van der Waals surface area contributed by atoms with Gasteiger partial charge in [0.15, 0.2) is 0 Å². The van der Waals surface area contributed by atoms with Crippen molar-refractivity contribution in [3.05, 3.63) is 22.7 Å². The Morgan fingerprint density at radius 2 is 2.00 bits per heavy atom. The number of hydrogen-bond acceptors (Lipinski definition) is 3. The van der Waals surface area contributed by atoms with Crippen LogP contribution in [0.3, 0.4) is 0 Å². The summed E-state index contributed by atoms with van der Waals surface area (Å²) >= 11 is 3.30. The average molecular weight is 336 g/mol. The molecule has 0 saturated heterocycles. The van der Waals surface area contributed by atoms with Gasteiger partial charge in [-0.05, 0) is 40.5 Å². The summed E-state index contributed by atoms with van der Waals surface area (Å²) in [4.78, 5) is 0.283. The van der Waals surface area contributed by atoms with E-state index in [0.29, 0.717) is 23.3 Å². The molecule has 0 saturated carbocycles. The first-order valence-corrected chi connectivity index (χ1v) is 8.04. The molecule has 1 aromatic rings. The fraction of sp³-hybridized carbons (Fsp3) is 0.500. The Labute approximate surface area is 117 Å². The molecular formula is C12H18BrNO3S. The van der Waals surface area contributed by atoms with Crippen LogP contribution in [0.25, 0.3) is 0 Å². The zero-order valence-electron chi connectivity index (χ0n) is 10.8. The molecule has 0 aromatic heterocycles. The van der Waals surface area contributed by atoms with Gasteiger partial charge in [-0.3, -0.25) is 0 Å². The molecule has 0 unspecified atom stereocenters. The maximum absolute atomic E-state index is 12.4. The molecule has 0 aliphatic heterocycles. The maximum Gasteiger partial charge on any atom is 0.243 e. The van der Waals surface area contributed by atoms with E-state index >= 15 is 0 Å². The minimum Gasteiger partial charge on any atom is -0.496 e. The van der Waals surface area contributed by atoms with Crippen molar-refractivity contribution >= 4 is 26.0 Å². The minimum atomic E-state index is -3.41. The molecule has 0 heterocycles. The normalized spacial score (nSPS) is 11.8. The number of benzene rings is 1. The first kappa shape index (κ1) is 15.5. The van der Waals surface area contributed by atoms with Crippen molar-refractivity contribution in [1.29, 1.82) is 0 Å². The lowest BCUT2D eigenvalue weighted by Crippen LogP contribution is -2.31. The van der Waals surface area contributed by atoms with Gasteiger partial charge < -0.3 is 4.74 Å². The summed E-state index contributed by atoms with van der Waals surface area (Å²) in [7, 11) is -1.87. The Morgan fingerprint density at radius 1 is 1.33 bits per heavy atom. The zero-order chi connectivity index (χ0) is 13.8. The van der Waals surface area contributed by atoms with Crippen LogP contribution in [-0.4, -0.2) is 32.9 Å². The molecule has 0 spiro atoms. The third-order valence-electron chi connectivity index (χ3n) is 2.59. The van der Waals surface area contributed by atoms with Crippen molar-refractivity contribution in [2.24, 2.45) is 0 Å². The third kappa shape index (κ3) is 3.24. The Bertz CT molecular complexity index is 502. The molecule has 4 nitrogen and oxygen atoms in total. The molecule has 0 aliphatic carbocycles. The topological polar surface area (TPSA) is 46.6 Å². The monoisotopic (exact) mass is 335 g/mol. The second kappa shape index (κ2) is 6.54. The molecule has 0 atom stereocenters. The summed E-state index contributed by atoms with van der Waals surface area (Å²) in [6.45, 7) is 4.80. The lowest BCUT2D eigenvalue weighted by molar-refractivity contribution is 0.411. The standard InChI is InChI=1S/C12H18BrNO3S/c1-4-8-14(5-2)18(15,16)10-6-7-12(17-3)11(13)9-10/h6-7,9H,4-5,8H2,1-3H3. The highest BCUT2D eigenvalue weighted by Crippen LogP contribution is 2.28. The van der Waals surface area contributed by atoms with Gasteiger partial charge in [-0.25, -0.2) is 8.42 Å². The Morgan fingerprint density at radius 3 is 2.44 bits per heavy atom. The molecule has 1 aromatic carbocycles. The van der Waals surface area contributed by atoms with Crippen molar-refractivity contribution in [3.8, 4) is 5.75 Å². The quantitative estimate of drug-likeness (QED) is 0.802. The number of halogens is 1. The highest BCUT2D eigenvalue weighted by molar-refractivity contribution is 9.10. The second-order valence-corrected chi connectivity index (χ2v) is 6.59. The van der Waals surface area contributed by atoms with Crippen LogP contribution in [0.5, 0.6) is 5.75 Å². The first-order valence-electron chi connectivity index (χ1n) is 5.81. The average Bonchev–Trinajstić information content (AvgIpc) is 2.35. The molecular weight excluding hydrogens is 318 g/mol. The van der Waals surface area contributed by atoms with E-state index in [4.69, 9.17) is 4.74 Å². The fourth-order valence-corrected chi connectivity index (χ4v) is 3.91. The highest BCUT2D eigenvalue weighted by Gasteiger charge is 2.22. The summed E-state index contributed by atoms with van der Waals surface area (Å²) in [6, 6.07) is 4.79. The second-order valence-electron chi connectivity index (χ2n) is 3.79. The van der Waals surface area contributed by atoms with Gasteiger partial charge in [0.25, 0.3) is 0 Å². The molecule has 0 fully saturated rings. The SMILES string of the molecule is CCCN(CC)S(=O)(=O)c1ccc(OC)c(Br)c1. The fourth-order valence-electron chi connectivity index (χ4n) is 1.65. The predicted octanol–water partition coefficient (Wildman–Crippen LogP) is 2.88. The van der Waals surface area contributed by atoms with Crippen LogP contribution in [0.2, 0.25) is 0 Å². The number of hydrogen-bond donors (Lipinski definition) is 0. The lowest BCUT2D eigenvalue weighted by Gasteiger charge is -2.20. The summed E-state index contributed by atoms with van der Waals surface area (Å²) in [5.74, 6) is 0.618. The van der Waals surface area contributed by atoms with Crippen LogP contribution in [-0.2, 0) is 10.0 Å². The summed E-state index contributed by atoms with van der Waals surface area (Å²) in [5, 5.41) is 0.